The monoisotopic (exact) mass is 362 g/mol. The highest BCUT2D eigenvalue weighted by molar-refractivity contribution is 7.92. The number of hydrogen-bond acceptors (Lipinski definition) is 3. The van der Waals surface area contributed by atoms with Crippen LogP contribution in [0.3, 0.4) is 0 Å². The van der Waals surface area contributed by atoms with Crippen LogP contribution in [0.1, 0.15) is 5.69 Å². The van der Waals surface area contributed by atoms with E-state index >= 15 is 0 Å². The molecule has 1 amide bonds. The molecule has 0 aliphatic heterocycles. The first-order valence-corrected chi connectivity index (χ1v) is 9.24. The number of carbonyl (C=O) groups is 1. The van der Waals surface area contributed by atoms with Crippen molar-refractivity contribution >= 4 is 43.9 Å². The molecule has 0 bridgehead atoms. The molecule has 7 heteroatoms. The summed E-state index contributed by atoms with van der Waals surface area (Å²) in [5.41, 5.74) is 2.52. The van der Waals surface area contributed by atoms with Crippen LogP contribution in [0.5, 0.6) is 0 Å². The number of aryl methyl sites for hydroxylation is 1. The summed E-state index contributed by atoms with van der Waals surface area (Å²) in [7, 11) is -3.71. The second-order valence-electron chi connectivity index (χ2n) is 5.52. The van der Waals surface area contributed by atoms with E-state index in [1.54, 1.807) is 12.1 Å². The van der Waals surface area contributed by atoms with Crippen molar-refractivity contribution in [1.82, 2.24) is 4.98 Å². The quantitative estimate of drug-likeness (QED) is 0.745. The van der Waals surface area contributed by atoms with Crippen molar-refractivity contribution in [3.8, 4) is 0 Å². The molecule has 0 fully saturated rings. The number of nitrogens with one attached hydrogen (secondary N) is 2. The van der Waals surface area contributed by atoms with E-state index in [-0.39, 0.29) is 4.90 Å². The van der Waals surface area contributed by atoms with Crippen LogP contribution in [0, 0.1) is 6.92 Å². The van der Waals surface area contributed by atoms with E-state index in [0.717, 1.165) is 16.6 Å². The summed E-state index contributed by atoms with van der Waals surface area (Å²) in [5, 5.41) is 4.01. The Labute approximate surface area is 144 Å². The van der Waals surface area contributed by atoms with Crippen LogP contribution >= 0.6 is 11.6 Å². The maximum Gasteiger partial charge on any atom is 0.239 e. The van der Waals surface area contributed by atoms with E-state index in [9.17, 15) is 13.2 Å². The van der Waals surface area contributed by atoms with E-state index in [0.29, 0.717) is 10.7 Å². The molecule has 0 unspecified atom stereocenters. The number of aromatic amines is 1. The first kappa shape index (κ1) is 16.5. The van der Waals surface area contributed by atoms with E-state index in [1.807, 2.05) is 19.1 Å². The summed E-state index contributed by atoms with van der Waals surface area (Å²) in [5.74, 6) is -1.21. The van der Waals surface area contributed by atoms with Gasteiger partial charge in [0.15, 0.2) is 9.84 Å². The second kappa shape index (κ2) is 6.30. The molecule has 0 spiro atoms. The van der Waals surface area contributed by atoms with Gasteiger partial charge in [0.2, 0.25) is 5.91 Å². The summed E-state index contributed by atoms with van der Waals surface area (Å²) >= 11 is 5.75. The van der Waals surface area contributed by atoms with Crippen LogP contribution in [0.25, 0.3) is 10.9 Å². The average molecular weight is 363 g/mol. The molecule has 2 N–H and O–H groups in total. The molecule has 0 atom stereocenters. The summed E-state index contributed by atoms with van der Waals surface area (Å²) in [4.78, 5) is 15.3. The molecule has 0 saturated heterocycles. The Kier molecular flexibility index (Phi) is 4.34. The molecule has 3 aromatic rings. The van der Waals surface area contributed by atoms with Crippen molar-refractivity contribution < 1.29 is 13.2 Å². The molecular weight excluding hydrogens is 348 g/mol. The maximum atomic E-state index is 12.3. The van der Waals surface area contributed by atoms with Gasteiger partial charge in [0.1, 0.15) is 5.75 Å². The van der Waals surface area contributed by atoms with Gasteiger partial charge >= 0.3 is 0 Å². The Balaban J connectivity index is 1.75. The number of H-pyrrole nitrogens is 1. The summed E-state index contributed by atoms with van der Waals surface area (Å²) < 4.78 is 24.5. The van der Waals surface area contributed by atoms with Crippen LogP contribution < -0.4 is 5.32 Å². The zero-order chi connectivity index (χ0) is 17.3. The molecule has 3 rings (SSSR count). The van der Waals surface area contributed by atoms with Crippen molar-refractivity contribution in [2.75, 3.05) is 11.1 Å². The smallest absolute Gasteiger partial charge is 0.239 e. The van der Waals surface area contributed by atoms with Gasteiger partial charge < -0.3 is 10.3 Å². The van der Waals surface area contributed by atoms with E-state index in [4.69, 9.17) is 11.6 Å². The van der Waals surface area contributed by atoms with Gasteiger partial charge in [-0.1, -0.05) is 11.6 Å². The predicted molar refractivity (Wildman–Crippen MR) is 95.2 cm³/mol. The topological polar surface area (TPSA) is 79.0 Å². The lowest BCUT2D eigenvalue weighted by molar-refractivity contribution is -0.113. The number of benzene rings is 2. The molecule has 1 heterocycles. The van der Waals surface area contributed by atoms with Crippen LogP contribution in [0.4, 0.5) is 5.69 Å². The molecule has 0 aliphatic rings. The molecule has 1 aromatic heterocycles. The number of halogens is 1. The molecule has 0 radical (unpaired) electrons. The lowest BCUT2D eigenvalue weighted by atomic mass is 10.2. The van der Waals surface area contributed by atoms with Crippen molar-refractivity contribution in [3.05, 3.63) is 59.2 Å². The number of rotatable bonds is 4. The molecular formula is C17H15ClN2O3S. The van der Waals surface area contributed by atoms with Crippen LogP contribution in [-0.2, 0) is 14.6 Å². The molecule has 2 aromatic carbocycles. The van der Waals surface area contributed by atoms with E-state index in [2.05, 4.69) is 10.3 Å². The van der Waals surface area contributed by atoms with Gasteiger partial charge in [0.25, 0.3) is 0 Å². The number of sulfone groups is 1. The minimum absolute atomic E-state index is 0.0683. The summed E-state index contributed by atoms with van der Waals surface area (Å²) in [6.07, 6.45) is 0. The standard InChI is InChI=1S/C17H15ClN2O3S/c1-11-8-12-9-14(4-7-16(12)19-11)20-17(21)10-24(22,23)15-5-2-13(18)3-6-15/h2-9,19H,10H2,1H3,(H,20,21). The first-order valence-electron chi connectivity index (χ1n) is 7.21. The van der Waals surface area contributed by atoms with Gasteiger partial charge in [-0.15, -0.1) is 0 Å². The van der Waals surface area contributed by atoms with Gasteiger partial charge in [-0.25, -0.2) is 8.42 Å². The second-order valence-corrected chi connectivity index (χ2v) is 7.94. The number of fused-ring (bicyclic) bond motifs is 1. The summed E-state index contributed by atoms with van der Waals surface area (Å²) in [6, 6.07) is 13.1. The fraction of sp³-hybridized carbons (Fsp3) is 0.118. The molecule has 0 saturated carbocycles. The van der Waals surface area contributed by atoms with Gasteiger partial charge in [-0.2, -0.15) is 0 Å². The highest BCUT2D eigenvalue weighted by Gasteiger charge is 2.19. The van der Waals surface area contributed by atoms with Crippen LogP contribution in [0.15, 0.2) is 53.4 Å². The highest BCUT2D eigenvalue weighted by Crippen LogP contribution is 2.20. The largest absolute Gasteiger partial charge is 0.359 e. The third kappa shape index (κ3) is 3.60. The van der Waals surface area contributed by atoms with E-state index in [1.165, 1.54) is 24.3 Å². The first-order chi connectivity index (χ1) is 11.3. The number of amides is 1. The number of carbonyl (C=O) groups excluding carboxylic acids is 1. The minimum Gasteiger partial charge on any atom is -0.359 e. The third-order valence-electron chi connectivity index (χ3n) is 3.53. The molecule has 24 heavy (non-hydrogen) atoms. The van der Waals surface area contributed by atoms with Crippen LogP contribution in [0.2, 0.25) is 5.02 Å². The Bertz CT molecular complexity index is 1010. The van der Waals surface area contributed by atoms with Crippen molar-refractivity contribution in [2.24, 2.45) is 0 Å². The zero-order valence-corrected chi connectivity index (χ0v) is 14.4. The SMILES string of the molecule is Cc1cc2cc(NC(=O)CS(=O)(=O)c3ccc(Cl)cc3)ccc2[nH]1. The van der Waals surface area contributed by atoms with Gasteiger partial charge in [-0.3, -0.25) is 4.79 Å². The predicted octanol–water partition coefficient (Wildman–Crippen LogP) is 3.54. The number of anilines is 1. The average Bonchev–Trinajstić information content (AvgIpc) is 2.86. The van der Waals surface area contributed by atoms with Crippen LogP contribution in [-0.4, -0.2) is 25.1 Å². The zero-order valence-electron chi connectivity index (χ0n) is 12.8. The van der Waals surface area contributed by atoms with E-state index < -0.39 is 21.5 Å². The highest BCUT2D eigenvalue weighted by atomic mass is 35.5. The number of aromatic nitrogens is 1. The van der Waals surface area contributed by atoms with Gasteiger partial charge in [0.05, 0.1) is 4.90 Å². The number of hydrogen-bond donors (Lipinski definition) is 2. The Hall–Kier alpha value is -2.31. The molecule has 5 nitrogen and oxygen atoms in total. The third-order valence-corrected chi connectivity index (χ3v) is 5.42. The Morgan fingerprint density at radius 2 is 1.83 bits per heavy atom. The minimum atomic E-state index is -3.71. The fourth-order valence-electron chi connectivity index (χ4n) is 2.45. The fourth-order valence-corrected chi connectivity index (χ4v) is 3.71. The summed E-state index contributed by atoms with van der Waals surface area (Å²) in [6.45, 7) is 1.94. The van der Waals surface area contributed by atoms with Gasteiger partial charge in [0, 0.05) is 27.3 Å². The lowest BCUT2D eigenvalue weighted by Crippen LogP contribution is -2.23. The Morgan fingerprint density at radius 3 is 2.54 bits per heavy atom. The van der Waals surface area contributed by atoms with Crippen molar-refractivity contribution in [2.45, 2.75) is 11.8 Å². The van der Waals surface area contributed by atoms with Crippen molar-refractivity contribution in [3.63, 3.8) is 0 Å². The lowest BCUT2D eigenvalue weighted by Gasteiger charge is -2.07. The Morgan fingerprint density at radius 1 is 1.12 bits per heavy atom. The van der Waals surface area contributed by atoms with Gasteiger partial charge in [-0.05, 0) is 55.5 Å². The molecule has 124 valence electrons. The normalized spacial score (nSPS) is 11.6. The van der Waals surface area contributed by atoms with Crippen molar-refractivity contribution in [1.29, 1.82) is 0 Å². The molecule has 0 aliphatic carbocycles. The maximum absolute atomic E-state index is 12.3.